The number of aryl methyl sites for hydroxylation is 1. The second-order valence-corrected chi connectivity index (χ2v) is 9.80. The Morgan fingerprint density at radius 2 is 1.91 bits per heavy atom. The minimum absolute atomic E-state index is 0.0174. The first kappa shape index (κ1) is 21.0. The summed E-state index contributed by atoms with van der Waals surface area (Å²) < 4.78 is 5.99. The van der Waals surface area contributed by atoms with Gasteiger partial charge in [0.15, 0.2) is 11.0 Å². The maximum absolute atomic E-state index is 14.3. The van der Waals surface area contributed by atoms with Gasteiger partial charge in [-0.3, -0.25) is 19.3 Å². The van der Waals surface area contributed by atoms with Crippen molar-refractivity contribution in [3.8, 4) is 0 Å². The van der Waals surface area contributed by atoms with E-state index in [2.05, 4.69) is 10.2 Å². The van der Waals surface area contributed by atoms with Crippen molar-refractivity contribution in [2.45, 2.75) is 25.8 Å². The van der Waals surface area contributed by atoms with Crippen LogP contribution in [0.4, 0.5) is 10.8 Å². The third-order valence-corrected chi connectivity index (χ3v) is 7.30. The fourth-order valence-corrected chi connectivity index (χ4v) is 5.87. The zero-order valence-corrected chi connectivity index (χ0v) is 19.7. The molecule has 4 aromatic rings. The summed E-state index contributed by atoms with van der Waals surface area (Å²) in [5.74, 6) is -1.18. The van der Waals surface area contributed by atoms with Gasteiger partial charge in [-0.2, -0.15) is 0 Å². The third kappa shape index (κ3) is 2.51. The summed E-state index contributed by atoms with van der Waals surface area (Å²) in [7, 11) is 0. The highest BCUT2D eigenvalue weighted by Gasteiger charge is 2.66. The zero-order valence-electron chi connectivity index (χ0n) is 18.2. The molecule has 2 aliphatic heterocycles. The van der Waals surface area contributed by atoms with Crippen molar-refractivity contribution in [1.82, 2.24) is 10.2 Å². The van der Waals surface area contributed by atoms with Crippen molar-refractivity contribution in [3.05, 3.63) is 79.6 Å². The molecule has 0 saturated carbocycles. The molecule has 8 nitrogen and oxygen atoms in total. The van der Waals surface area contributed by atoms with Gasteiger partial charge in [-0.1, -0.05) is 48.1 Å². The van der Waals surface area contributed by atoms with E-state index in [9.17, 15) is 14.4 Å². The summed E-state index contributed by atoms with van der Waals surface area (Å²) in [6.07, 6.45) is 0.691. The van der Waals surface area contributed by atoms with Gasteiger partial charge in [-0.25, -0.2) is 0 Å². The summed E-state index contributed by atoms with van der Waals surface area (Å²) in [6, 6.07) is 11.8. The van der Waals surface area contributed by atoms with E-state index in [1.54, 1.807) is 36.1 Å². The van der Waals surface area contributed by atoms with Gasteiger partial charge >= 0.3 is 0 Å². The number of fused-ring (bicyclic) bond motifs is 5. The van der Waals surface area contributed by atoms with Crippen LogP contribution in [-0.4, -0.2) is 28.6 Å². The molecular formula is C24H17ClN4O4S. The van der Waals surface area contributed by atoms with Gasteiger partial charge in [0.25, 0.3) is 11.8 Å². The van der Waals surface area contributed by atoms with E-state index in [0.717, 1.165) is 0 Å². The van der Waals surface area contributed by atoms with Gasteiger partial charge in [0, 0.05) is 17.1 Å². The molecule has 0 saturated heterocycles. The molecule has 1 unspecified atom stereocenters. The highest BCUT2D eigenvalue weighted by Crippen LogP contribution is 2.54. The normalized spacial score (nSPS) is 18.9. The van der Waals surface area contributed by atoms with Gasteiger partial charge in [0.05, 0.1) is 16.6 Å². The molecule has 2 aliphatic rings. The van der Waals surface area contributed by atoms with Crippen LogP contribution in [0, 0.1) is 6.92 Å². The van der Waals surface area contributed by atoms with E-state index < -0.39 is 22.8 Å². The van der Waals surface area contributed by atoms with Crippen LogP contribution in [0.25, 0.3) is 11.0 Å². The van der Waals surface area contributed by atoms with Crippen LogP contribution in [0.2, 0.25) is 5.02 Å². The van der Waals surface area contributed by atoms with E-state index in [1.165, 1.54) is 22.3 Å². The highest BCUT2D eigenvalue weighted by molar-refractivity contribution is 7.15. The standard InChI is InChI=1S/C24H17ClN4O4S/c1-3-10-28-16-7-5-4-6-15(16)24(22(28)32)18-19(30)14-11-13(25)8-9-17(14)33-20(18)21(31)29(24)23-27-26-12(2)34-23/h4-9,11H,3,10H2,1-2H3. The second-order valence-electron chi connectivity index (χ2n) is 8.20. The number of rotatable bonds is 3. The van der Waals surface area contributed by atoms with Crippen LogP contribution in [0.5, 0.6) is 0 Å². The molecule has 1 spiro atoms. The number of nitrogens with zero attached hydrogens (tertiary/aromatic N) is 4. The van der Waals surface area contributed by atoms with Crippen LogP contribution in [0.3, 0.4) is 0 Å². The van der Waals surface area contributed by atoms with E-state index in [1.807, 2.05) is 19.1 Å². The fraction of sp³-hybridized carbons (Fsp3) is 0.208. The van der Waals surface area contributed by atoms with Crippen LogP contribution < -0.4 is 15.2 Å². The summed E-state index contributed by atoms with van der Waals surface area (Å²) in [5, 5.41) is 9.63. The molecule has 34 heavy (non-hydrogen) atoms. The molecule has 0 aliphatic carbocycles. The molecule has 170 valence electrons. The number of halogens is 1. The molecule has 0 N–H and O–H groups in total. The van der Waals surface area contributed by atoms with E-state index in [4.69, 9.17) is 16.0 Å². The van der Waals surface area contributed by atoms with Crippen molar-refractivity contribution in [3.63, 3.8) is 0 Å². The molecule has 0 bridgehead atoms. The highest BCUT2D eigenvalue weighted by atomic mass is 35.5. The fourth-order valence-electron chi connectivity index (χ4n) is 4.96. The Morgan fingerprint density at radius 1 is 1.12 bits per heavy atom. The van der Waals surface area contributed by atoms with Crippen LogP contribution in [0.15, 0.2) is 51.7 Å². The lowest BCUT2D eigenvalue weighted by Gasteiger charge is -2.32. The molecule has 4 heterocycles. The van der Waals surface area contributed by atoms with Crippen molar-refractivity contribution in [2.24, 2.45) is 0 Å². The first-order valence-electron chi connectivity index (χ1n) is 10.7. The van der Waals surface area contributed by atoms with E-state index >= 15 is 0 Å². The number of hydrogen-bond acceptors (Lipinski definition) is 7. The number of benzene rings is 2. The Bertz CT molecular complexity index is 1600. The number of carbonyl (C=O) groups excluding carboxylic acids is 2. The molecule has 0 radical (unpaired) electrons. The molecule has 2 aromatic carbocycles. The number of hydrogen-bond donors (Lipinski definition) is 0. The van der Waals surface area contributed by atoms with Crippen LogP contribution in [-0.2, 0) is 10.3 Å². The maximum Gasteiger partial charge on any atom is 0.297 e. The van der Waals surface area contributed by atoms with Crippen molar-refractivity contribution in [1.29, 1.82) is 0 Å². The van der Waals surface area contributed by atoms with Gasteiger partial charge in [-0.05, 0) is 37.6 Å². The lowest BCUT2D eigenvalue weighted by Crippen LogP contribution is -2.53. The van der Waals surface area contributed by atoms with Gasteiger partial charge in [0.2, 0.25) is 10.9 Å². The number of aromatic nitrogens is 2. The topological polar surface area (TPSA) is 96.6 Å². The lowest BCUT2D eigenvalue weighted by atomic mass is 9.84. The summed E-state index contributed by atoms with van der Waals surface area (Å²) >= 11 is 7.34. The zero-order chi connectivity index (χ0) is 23.8. The molecular weight excluding hydrogens is 476 g/mol. The predicted octanol–water partition coefficient (Wildman–Crippen LogP) is 4.27. The molecule has 1 atom stereocenters. The third-order valence-electron chi connectivity index (χ3n) is 6.24. The summed E-state index contributed by atoms with van der Waals surface area (Å²) in [6.45, 7) is 4.15. The molecule has 10 heteroatoms. The minimum atomic E-state index is -1.75. The van der Waals surface area contributed by atoms with E-state index in [-0.39, 0.29) is 27.4 Å². The van der Waals surface area contributed by atoms with Gasteiger partial charge in [-0.15, -0.1) is 10.2 Å². The Balaban J connectivity index is 1.78. The number of amides is 2. The lowest BCUT2D eigenvalue weighted by molar-refractivity contribution is -0.121. The Labute approximate surface area is 202 Å². The molecule has 2 aromatic heterocycles. The monoisotopic (exact) mass is 492 g/mol. The Hall–Kier alpha value is -3.56. The predicted molar refractivity (Wildman–Crippen MR) is 129 cm³/mol. The van der Waals surface area contributed by atoms with Crippen molar-refractivity contribution < 1.29 is 14.0 Å². The van der Waals surface area contributed by atoms with Gasteiger partial charge in [0.1, 0.15) is 10.6 Å². The van der Waals surface area contributed by atoms with Crippen molar-refractivity contribution >= 4 is 56.5 Å². The number of carbonyl (C=O) groups is 2. The average Bonchev–Trinajstić information content (AvgIpc) is 3.43. The van der Waals surface area contributed by atoms with Crippen LogP contribution >= 0.6 is 22.9 Å². The van der Waals surface area contributed by atoms with Crippen molar-refractivity contribution in [2.75, 3.05) is 16.3 Å². The smallest absolute Gasteiger partial charge is 0.297 e. The first-order chi connectivity index (χ1) is 16.4. The Kier molecular flexibility index (Phi) is 4.46. The second kappa shape index (κ2) is 7.22. The van der Waals surface area contributed by atoms with E-state index in [0.29, 0.717) is 34.2 Å². The SMILES string of the molecule is CCCN1C(=O)C2(c3ccccc31)c1c(oc3ccc(Cl)cc3c1=O)C(=O)N2c1nnc(C)s1. The molecule has 6 rings (SSSR count). The first-order valence-corrected chi connectivity index (χ1v) is 11.9. The summed E-state index contributed by atoms with van der Waals surface area (Å²) in [5.41, 5.74) is -0.847. The quantitative estimate of drug-likeness (QED) is 0.424. The average molecular weight is 493 g/mol. The van der Waals surface area contributed by atoms with Gasteiger partial charge < -0.3 is 9.32 Å². The minimum Gasteiger partial charge on any atom is -0.450 e. The largest absolute Gasteiger partial charge is 0.450 e. The molecule has 0 fully saturated rings. The summed E-state index contributed by atoms with van der Waals surface area (Å²) in [4.78, 5) is 45.1. The number of anilines is 2. The maximum atomic E-state index is 14.3. The Morgan fingerprint density at radius 3 is 2.65 bits per heavy atom. The number of para-hydroxylation sites is 1. The van der Waals surface area contributed by atoms with Crippen LogP contribution in [0.1, 0.15) is 40.0 Å². The molecule has 2 amide bonds.